The van der Waals surface area contributed by atoms with Gasteiger partial charge in [-0.15, -0.1) is 0 Å². The number of hydrogen-bond acceptors (Lipinski definition) is 3. The van der Waals surface area contributed by atoms with Crippen LogP contribution in [0.15, 0.2) is 59.1 Å². The first-order valence-electron chi connectivity index (χ1n) is 9.62. The van der Waals surface area contributed by atoms with E-state index in [1.807, 2.05) is 23.1 Å². The van der Waals surface area contributed by atoms with Crippen LogP contribution < -0.4 is 0 Å². The number of carbonyl (C=O) groups is 1. The molecule has 2 atom stereocenters. The van der Waals surface area contributed by atoms with Gasteiger partial charge in [0.15, 0.2) is 5.76 Å². The Morgan fingerprint density at radius 3 is 2.39 bits per heavy atom. The number of nitrogens with zero attached hydrogens (tertiary/aromatic N) is 2. The third-order valence-corrected chi connectivity index (χ3v) is 5.19. The SMILES string of the molecule is C[C@H]1C[C@H](C)CN(C(=O)c2ccccc2-c2ncc(-c3ccccc3F)o2)C1. The Balaban J connectivity index is 1.67. The molecule has 0 bridgehead atoms. The fourth-order valence-electron chi connectivity index (χ4n) is 4.04. The van der Waals surface area contributed by atoms with Gasteiger partial charge in [0.2, 0.25) is 5.89 Å². The number of oxazole rings is 1. The van der Waals surface area contributed by atoms with Crippen molar-refractivity contribution in [2.75, 3.05) is 13.1 Å². The molecule has 1 saturated heterocycles. The fraction of sp³-hybridized carbons (Fsp3) is 0.304. The topological polar surface area (TPSA) is 46.3 Å². The van der Waals surface area contributed by atoms with Crippen LogP contribution in [0.2, 0.25) is 0 Å². The van der Waals surface area contributed by atoms with Crippen LogP contribution >= 0.6 is 0 Å². The summed E-state index contributed by atoms with van der Waals surface area (Å²) in [5, 5.41) is 0. The van der Waals surface area contributed by atoms with Gasteiger partial charge < -0.3 is 9.32 Å². The zero-order chi connectivity index (χ0) is 19.7. The molecule has 0 unspecified atom stereocenters. The molecule has 1 fully saturated rings. The van der Waals surface area contributed by atoms with Gasteiger partial charge in [-0.05, 0) is 42.5 Å². The Kier molecular flexibility index (Phi) is 4.99. The van der Waals surface area contributed by atoms with Crippen molar-refractivity contribution >= 4 is 5.91 Å². The van der Waals surface area contributed by atoms with Crippen molar-refractivity contribution in [3.05, 3.63) is 66.1 Å². The molecule has 1 aliphatic heterocycles. The molecule has 0 saturated carbocycles. The number of halogens is 1. The van der Waals surface area contributed by atoms with Crippen molar-refractivity contribution in [3.63, 3.8) is 0 Å². The summed E-state index contributed by atoms with van der Waals surface area (Å²) < 4.78 is 19.9. The van der Waals surface area contributed by atoms with Crippen LogP contribution in [0.25, 0.3) is 22.8 Å². The number of benzene rings is 2. The Morgan fingerprint density at radius 2 is 1.68 bits per heavy atom. The third-order valence-electron chi connectivity index (χ3n) is 5.19. The molecular formula is C23H23FN2O2. The zero-order valence-electron chi connectivity index (χ0n) is 16.1. The summed E-state index contributed by atoms with van der Waals surface area (Å²) in [5.74, 6) is 1.24. The summed E-state index contributed by atoms with van der Waals surface area (Å²) in [4.78, 5) is 19.4. The molecule has 1 aliphatic rings. The average Bonchev–Trinajstić information content (AvgIpc) is 3.17. The number of piperidine rings is 1. The van der Waals surface area contributed by atoms with Crippen molar-refractivity contribution < 1.29 is 13.6 Å². The van der Waals surface area contributed by atoms with Gasteiger partial charge in [-0.2, -0.15) is 0 Å². The summed E-state index contributed by atoms with van der Waals surface area (Å²) in [6.45, 7) is 5.86. The van der Waals surface area contributed by atoms with Gasteiger partial charge in [0.25, 0.3) is 5.91 Å². The van der Waals surface area contributed by atoms with Crippen LogP contribution in [0.5, 0.6) is 0 Å². The molecule has 5 heteroatoms. The summed E-state index contributed by atoms with van der Waals surface area (Å²) in [7, 11) is 0. The van der Waals surface area contributed by atoms with Crippen LogP contribution in [-0.2, 0) is 0 Å². The highest BCUT2D eigenvalue weighted by Gasteiger charge is 2.28. The van der Waals surface area contributed by atoms with Crippen molar-refractivity contribution in [1.82, 2.24) is 9.88 Å². The van der Waals surface area contributed by atoms with Gasteiger partial charge in [-0.3, -0.25) is 4.79 Å². The molecule has 28 heavy (non-hydrogen) atoms. The van der Waals surface area contributed by atoms with Gasteiger partial charge in [0.1, 0.15) is 5.82 Å². The second-order valence-corrected chi connectivity index (χ2v) is 7.71. The molecule has 2 aromatic carbocycles. The molecule has 0 N–H and O–H groups in total. The van der Waals surface area contributed by atoms with Crippen molar-refractivity contribution in [2.45, 2.75) is 20.3 Å². The Morgan fingerprint density at radius 1 is 1.04 bits per heavy atom. The predicted octanol–water partition coefficient (Wildman–Crippen LogP) is 5.27. The fourth-order valence-corrected chi connectivity index (χ4v) is 4.04. The van der Waals surface area contributed by atoms with Gasteiger partial charge in [0, 0.05) is 18.7 Å². The Hall–Kier alpha value is -2.95. The van der Waals surface area contributed by atoms with E-state index in [9.17, 15) is 9.18 Å². The maximum atomic E-state index is 14.1. The van der Waals surface area contributed by atoms with Gasteiger partial charge in [0.05, 0.1) is 17.3 Å². The highest BCUT2D eigenvalue weighted by atomic mass is 19.1. The summed E-state index contributed by atoms with van der Waals surface area (Å²) >= 11 is 0. The van der Waals surface area contributed by atoms with E-state index in [0.717, 1.165) is 19.5 Å². The monoisotopic (exact) mass is 378 g/mol. The molecule has 1 aromatic heterocycles. The Labute approximate surface area is 164 Å². The lowest BCUT2D eigenvalue weighted by Gasteiger charge is -2.35. The van der Waals surface area contributed by atoms with Crippen LogP contribution in [0.3, 0.4) is 0 Å². The van der Waals surface area contributed by atoms with E-state index >= 15 is 0 Å². The second kappa shape index (κ2) is 7.58. The zero-order valence-corrected chi connectivity index (χ0v) is 16.1. The highest BCUT2D eigenvalue weighted by Crippen LogP contribution is 2.31. The maximum Gasteiger partial charge on any atom is 0.254 e. The summed E-state index contributed by atoms with van der Waals surface area (Å²) in [6.07, 6.45) is 2.64. The molecule has 2 heterocycles. The molecule has 3 aromatic rings. The van der Waals surface area contributed by atoms with Crippen molar-refractivity contribution in [1.29, 1.82) is 0 Å². The molecule has 0 spiro atoms. The van der Waals surface area contributed by atoms with E-state index in [1.54, 1.807) is 24.3 Å². The number of aromatic nitrogens is 1. The van der Waals surface area contributed by atoms with E-state index < -0.39 is 0 Å². The maximum absolute atomic E-state index is 14.1. The summed E-state index contributed by atoms with van der Waals surface area (Å²) in [6, 6.07) is 13.7. The van der Waals surface area contributed by atoms with E-state index in [-0.39, 0.29) is 11.7 Å². The lowest BCUT2D eigenvalue weighted by Crippen LogP contribution is -2.42. The second-order valence-electron chi connectivity index (χ2n) is 7.71. The molecule has 1 amide bonds. The van der Waals surface area contributed by atoms with Crippen LogP contribution in [0.1, 0.15) is 30.6 Å². The number of likely N-dealkylation sites (tertiary alicyclic amines) is 1. The third kappa shape index (κ3) is 3.57. The number of carbonyl (C=O) groups excluding carboxylic acids is 1. The van der Waals surface area contributed by atoms with Crippen LogP contribution in [0, 0.1) is 17.7 Å². The molecule has 4 nitrogen and oxygen atoms in total. The standard InChI is InChI=1S/C23H23FN2O2/c1-15-11-16(2)14-26(13-15)23(27)18-8-4-3-7-17(18)22-25-12-21(28-22)19-9-5-6-10-20(19)24/h3-10,12,15-16H,11,13-14H2,1-2H3/t15-,16-/m0/s1. The minimum Gasteiger partial charge on any atom is -0.436 e. The van der Waals surface area contributed by atoms with E-state index in [2.05, 4.69) is 18.8 Å². The lowest BCUT2D eigenvalue weighted by molar-refractivity contribution is 0.0623. The smallest absolute Gasteiger partial charge is 0.254 e. The number of amides is 1. The first kappa shape index (κ1) is 18.4. The van der Waals surface area contributed by atoms with Gasteiger partial charge in [-0.1, -0.05) is 38.1 Å². The minimum absolute atomic E-state index is 0.0142. The average molecular weight is 378 g/mol. The van der Waals surface area contributed by atoms with Gasteiger partial charge in [-0.25, -0.2) is 9.37 Å². The van der Waals surface area contributed by atoms with E-state index in [0.29, 0.717) is 40.2 Å². The lowest BCUT2D eigenvalue weighted by atomic mass is 9.91. The molecule has 4 rings (SSSR count). The number of rotatable bonds is 3. The summed E-state index contributed by atoms with van der Waals surface area (Å²) in [5.41, 5.74) is 1.54. The first-order chi connectivity index (χ1) is 13.5. The quantitative estimate of drug-likeness (QED) is 0.624. The molecule has 0 aliphatic carbocycles. The van der Waals surface area contributed by atoms with Crippen LogP contribution in [-0.4, -0.2) is 28.9 Å². The van der Waals surface area contributed by atoms with Gasteiger partial charge >= 0.3 is 0 Å². The first-order valence-corrected chi connectivity index (χ1v) is 9.62. The molecule has 144 valence electrons. The molecule has 0 radical (unpaired) electrons. The normalized spacial score (nSPS) is 19.6. The van der Waals surface area contributed by atoms with Crippen molar-refractivity contribution in [3.8, 4) is 22.8 Å². The molecular weight excluding hydrogens is 355 g/mol. The van der Waals surface area contributed by atoms with E-state index in [1.165, 1.54) is 12.3 Å². The van der Waals surface area contributed by atoms with E-state index in [4.69, 9.17) is 4.42 Å². The number of hydrogen-bond donors (Lipinski definition) is 0. The highest BCUT2D eigenvalue weighted by molar-refractivity contribution is 6.00. The van der Waals surface area contributed by atoms with Crippen LogP contribution in [0.4, 0.5) is 4.39 Å². The predicted molar refractivity (Wildman–Crippen MR) is 106 cm³/mol. The van der Waals surface area contributed by atoms with Crippen molar-refractivity contribution in [2.24, 2.45) is 11.8 Å². The Bertz CT molecular complexity index is 988. The minimum atomic E-state index is -0.370. The largest absolute Gasteiger partial charge is 0.436 e.